The van der Waals surface area contributed by atoms with Gasteiger partial charge in [0.15, 0.2) is 0 Å². The SMILES string of the molecule is C=CC(=O)NCCCOc1ccc(C(=O)Oc2ccc(OC(=O)c3ccc(OCCCOC(=O)C=C)cc3)c(C)c2)cc1. The molecule has 0 fully saturated rings. The number of ether oxygens (including phenoxy) is 5. The molecule has 0 atom stereocenters. The van der Waals surface area contributed by atoms with Gasteiger partial charge >= 0.3 is 17.9 Å². The van der Waals surface area contributed by atoms with Gasteiger partial charge in [-0.1, -0.05) is 13.2 Å². The lowest BCUT2D eigenvalue weighted by Crippen LogP contribution is -2.23. The van der Waals surface area contributed by atoms with E-state index >= 15 is 0 Å². The number of hydrogen-bond acceptors (Lipinski definition) is 9. The number of esters is 3. The van der Waals surface area contributed by atoms with Gasteiger partial charge < -0.3 is 29.0 Å². The van der Waals surface area contributed by atoms with Crippen LogP contribution < -0.4 is 24.3 Å². The molecule has 0 aliphatic rings. The largest absolute Gasteiger partial charge is 0.494 e. The van der Waals surface area contributed by atoms with Crippen molar-refractivity contribution in [3.63, 3.8) is 0 Å². The second-order valence-corrected chi connectivity index (χ2v) is 9.03. The number of hydrogen-bond donors (Lipinski definition) is 1. The van der Waals surface area contributed by atoms with Gasteiger partial charge in [-0.3, -0.25) is 4.79 Å². The third-order valence-electron chi connectivity index (χ3n) is 5.78. The minimum Gasteiger partial charge on any atom is -0.494 e. The van der Waals surface area contributed by atoms with Crippen LogP contribution in [-0.4, -0.2) is 50.2 Å². The summed E-state index contributed by atoms with van der Waals surface area (Å²) in [7, 11) is 0. The zero-order valence-electron chi connectivity index (χ0n) is 23.8. The van der Waals surface area contributed by atoms with E-state index in [1.807, 2.05) is 0 Å². The molecular weight excluding hydrogens is 554 g/mol. The molecule has 1 N–H and O–H groups in total. The second kappa shape index (κ2) is 16.8. The van der Waals surface area contributed by atoms with Crippen molar-refractivity contribution in [2.45, 2.75) is 19.8 Å². The summed E-state index contributed by atoms with van der Waals surface area (Å²) in [5.41, 5.74) is 1.26. The van der Waals surface area contributed by atoms with Crippen LogP contribution in [0.2, 0.25) is 0 Å². The fourth-order valence-corrected chi connectivity index (χ4v) is 3.53. The van der Waals surface area contributed by atoms with E-state index in [0.717, 1.165) is 6.08 Å². The third-order valence-corrected chi connectivity index (χ3v) is 5.78. The number of benzene rings is 3. The molecule has 0 aliphatic carbocycles. The molecular formula is C33H33NO9. The lowest BCUT2D eigenvalue weighted by molar-refractivity contribution is -0.138. The predicted octanol–water partition coefficient (Wildman–Crippen LogP) is 5.00. The molecule has 0 saturated carbocycles. The summed E-state index contributed by atoms with van der Waals surface area (Å²) in [4.78, 5) is 47.4. The number of carbonyl (C=O) groups is 4. The number of rotatable bonds is 16. The molecule has 43 heavy (non-hydrogen) atoms. The Bertz CT molecular complexity index is 1430. The predicted molar refractivity (Wildman–Crippen MR) is 159 cm³/mol. The Hall–Kier alpha value is -5.38. The molecule has 0 unspecified atom stereocenters. The van der Waals surface area contributed by atoms with Crippen molar-refractivity contribution >= 4 is 23.8 Å². The van der Waals surface area contributed by atoms with E-state index in [9.17, 15) is 19.2 Å². The highest BCUT2D eigenvalue weighted by Crippen LogP contribution is 2.25. The average molecular weight is 588 g/mol. The number of amides is 1. The topological polar surface area (TPSA) is 126 Å². The Morgan fingerprint density at radius 3 is 1.81 bits per heavy atom. The number of nitrogens with one attached hydrogen (secondary N) is 1. The summed E-state index contributed by atoms with van der Waals surface area (Å²) in [6.07, 6.45) is 3.44. The monoisotopic (exact) mass is 587 g/mol. The Kier molecular flexibility index (Phi) is 12.5. The summed E-state index contributed by atoms with van der Waals surface area (Å²) in [6.45, 7) is 9.87. The number of carbonyl (C=O) groups excluding carboxylic acids is 4. The van der Waals surface area contributed by atoms with Crippen molar-refractivity contribution in [1.82, 2.24) is 5.32 Å². The van der Waals surface area contributed by atoms with Crippen molar-refractivity contribution in [2.24, 2.45) is 0 Å². The molecule has 0 heterocycles. The fourth-order valence-electron chi connectivity index (χ4n) is 3.53. The molecule has 0 aromatic heterocycles. The van der Waals surface area contributed by atoms with E-state index in [2.05, 4.69) is 18.5 Å². The molecule has 3 aromatic rings. The van der Waals surface area contributed by atoms with Gasteiger partial charge in [-0.2, -0.15) is 0 Å². The molecule has 0 saturated heterocycles. The van der Waals surface area contributed by atoms with Gasteiger partial charge in [-0.25, -0.2) is 14.4 Å². The maximum absolute atomic E-state index is 12.6. The van der Waals surface area contributed by atoms with Crippen LogP contribution in [0, 0.1) is 6.92 Å². The van der Waals surface area contributed by atoms with Gasteiger partial charge in [-0.05, 0) is 91.7 Å². The molecule has 3 rings (SSSR count). The first-order valence-corrected chi connectivity index (χ1v) is 13.5. The highest BCUT2D eigenvalue weighted by atomic mass is 16.5. The quantitative estimate of drug-likeness (QED) is 0.107. The van der Waals surface area contributed by atoms with Crippen LogP contribution in [0.5, 0.6) is 23.0 Å². The van der Waals surface area contributed by atoms with Crippen LogP contribution in [0.1, 0.15) is 39.1 Å². The molecule has 3 aromatic carbocycles. The second-order valence-electron chi connectivity index (χ2n) is 9.03. The van der Waals surface area contributed by atoms with Crippen molar-refractivity contribution in [1.29, 1.82) is 0 Å². The van der Waals surface area contributed by atoms with Crippen molar-refractivity contribution < 1.29 is 42.9 Å². The summed E-state index contributed by atoms with van der Waals surface area (Å²) >= 11 is 0. The molecule has 10 nitrogen and oxygen atoms in total. The van der Waals surface area contributed by atoms with E-state index in [4.69, 9.17) is 23.7 Å². The summed E-state index contributed by atoms with van der Waals surface area (Å²) in [5, 5.41) is 2.66. The fraction of sp³-hybridized carbons (Fsp3) is 0.212. The lowest BCUT2D eigenvalue weighted by Gasteiger charge is -2.11. The molecule has 224 valence electrons. The van der Waals surface area contributed by atoms with Gasteiger partial charge in [0, 0.05) is 19.0 Å². The van der Waals surface area contributed by atoms with Gasteiger partial charge in [0.1, 0.15) is 23.0 Å². The van der Waals surface area contributed by atoms with Crippen LogP contribution in [0.15, 0.2) is 92.0 Å². The first-order valence-electron chi connectivity index (χ1n) is 13.5. The first-order chi connectivity index (χ1) is 20.8. The van der Waals surface area contributed by atoms with Crippen LogP contribution in [0.4, 0.5) is 0 Å². The molecule has 1 amide bonds. The third kappa shape index (κ3) is 10.8. The van der Waals surface area contributed by atoms with E-state index in [0.29, 0.717) is 72.3 Å². The zero-order chi connectivity index (χ0) is 31.0. The van der Waals surface area contributed by atoms with E-state index in [1.165, 1.54) is 6.08 Å². The van der Waals surface area contributed by atoms with E-state index in [-0.39, 0.29) is 12.5 Å². The zero-order valence-corrected chi connectivity index (χ0v) is 23.8. The summed E-state index contributed by atoms with van der Waals surface area (Å²) in [5.74, 6) is -0.0649. The maximum atomic E-state index is 12.6. The normalized spacial score (nSPS) is 10.2. The first kappa shape index (κ1) is 32.1. The van der Waals surface area contributed by atoms with Gasteiger partial charge in [0.25, 0.3) is 0 Å². The molecule has 0 aliphatic heterocycles. The van der Waals surface area contributed by atoms with E-state index in [1.54, 1.807) is 73.7 Å². The van der Waals surface area contributed by atoms with E-state index < -0.39 is 17.9 Å². The number of aryl methyl sites for hydroxylation is 1. The minimum absolute atomic E-state index is 0.219. The van der Waals surface area contributed by atoms with Gasteiger partial charge in [-0.15, -0.1) is 0 Å². The molecule has 0 radical (unpaired) electrons. The lowest BCUT2D eigenvalue weighted by atomic mass is 10.2. The van der Waals surface area contributed by atoms with Crippen LogP contribution in [0.3, 0.4) is 0 Å². The highest BCUT2D eigenvalue weighted by Gasteiger charge is 2.14. The molecule has 0 spiro atoms. The van der Waals surface area contributed by atoms with Crippen LogP contribution in [-0.2, 0) is 14.3 Å². The smallest absolute Gasteiger partial charge is 0.343 e. The van der Waals surface area contributed by atoms with Gasteiger partial charge in [0.2, 0.25) is 5.91 Å². The summed E-state index contributed by atoms with van der Waals surface area (Å²) < 4.78 is 27.1. The minimum atomic E-state index is -0.556. The maximum Gasteiger partial charge on any atom is 0.343 e. The highest BCUT2D eigenvalue weighted by molar-refractivity contribution is 5.92. The van der Waals surface area contributed by atoms with Crippen LogP contribution >= 0.6 is 0 Å². The van der Waals surface area contributed by atoms with Crippen molar-refractivity contribution in [2.75, 3.05) is 26.4 Å². The Morgan fingerprint density at radius 1 is 0.698 bits per heavy atom. The summed E-state index contributed by atoms with van der Waals surface area (Å²) in [6, 6.07) is 17.7. The Labute approximate surface area is 249 Å². The van der Waals surface area contributed by atoms with Gasteiger partial charge in [0.05, 0.1) is 30.9 Å². The van der Waals surface area contributed by atoms with Crippen molar-refractivity contribution in [3.8, 4) is 23.0 Å². The Morgan fingerprint density at radius 2 is 1.26 bits per heavy atom. The molecule has 0 bridgehead atoms. The Balaban J connectivity index is 1.45. The van der Waals surface area contributed by atoms with Crippen LogP contribution in [0.25, 0.3) is 0 Å². The standard InChI is InChI=1S/C33H33NO9/c1-4-30(35)34-18-6-19-39-26-12-8-24(9-13-26)32(37)42-28-16-17-29(23(3)22-28)43-33(38)25-10-14-27(15-11-25)40-20-7-21-41-31(36)5-2/h4-5,8-17,22H,1-2,6-7,18-21H2,3H3,(H,34,35). The molecule has 10 heteroatoms. The van der Waals surface area contributed by atoms with Crippen molar-refractivity contribution in [3.05, 3.63) is 109 Å². The average Bonchev–Trinajstić information content (AvgIpc) is 3.02.